The first-order valence-electron chi connectivity index (χ1n) is 14.3. The Kier molecular flexibility index (Phi) is 9.00. The Hall–Kier alpha value is -3.15. The van der Waals surface area contributed by atoms with E-state index in [1.165, 1.54) is 5.52 Å². The van der Waals surface area contributed by atoms with Crippen LogP contribution in [0.3, 0.4) is 0 Å². The van der Waals surface area contributed by atoms with Crippen LogP contribution >= 0.6 is 11.6 Å². The Balaban J connectivity index is 1.39. The van der Waals surface area contributed by atoms with E-state index < -0.39 is 0 Å². The first-order chi connectivity index (χ1) is 19.0. The molecule has 1 amide bonds. The lowest BCUT2D eigenvalue weighted by Gasteiger charge is -2.36. The zero-order valence-corrected chi connectivity index (χ0v) is 23.6. The summed E-state index contributed by atoms with van der Waals surface area (Å²) in [5.74, 6) is 1.19. The van der Waals surface area contributed by atoms with E-state index in [4.69, 9.17) is 22.3 Å². The Morgan fingerprint density at radius 3 is 2.49 bits per heavy atom. The van der Waals surface area contributed by atoms with Crippen LogP contribution in [0.4, 0.5) is 0 Å². The molecule has 2 N–H and O–H groups in total. The third-order valence-electron chi connectivity index (χ3n) is 8.03. The number of piperidine rings is 1. The summed E-state index contributed by atoms with van der Waals surface area (Å²) in [6.07, 6.45) is 5.52. The summed E-state index contributed by atoms with van der Waals surface area (Å²) in [7, 11) is 0. The molecular formula is C33H39ClN4O. The molecule has 1 aromatic heterocycles. The fourth-order valence-electron chi connectivity index (χ4n) is 5.90. The predicted molar refractivity (Wildman–Crippen MR) is 160 cm³/mol. The van der Waals surface area contributed by atoms with Gasteiger partial charge in [0.25, 0.3) is 0 Å². The minimum absolute atomic E-state index is 0.154. The average molecular weight is 543 g/mol. The predicted octanol–water partition coefficient (Wildman–Crippen LogP) is 6.62. The second kappa shape index (κ2) is 12.8. The molecule has 1 aliphatic rings. The lowest BCUT2D eigenvalue weighted by atomic mass is 9.86. The minimum Gasteiger partial charge on any atom is -0.342 e. The van der Waals surface area contributed by atoms with E-state index in [9.17, 15) is 4.79 Å². The normalized spacial score (nSPS) is 17.3. The van der Waals surface area contributed by atoms with Crippen LogP contribution in [-0.4, -0.2) is 39.5 Å². The van der Waals surface area contributed by atoms with Crippen molar-refractivity contribution in [1.82, 2.24) is 14.5 Å². The van der Waals surface area contributed by atoms with Crippen LogP contribution in [0.1, 0.15) is 55.5 Å². The van der Waals surface area contributed by atoms with Gasteiger partial charge in [-0.25, -0.2) is 4.98 Å². The molecule has 3 atom stereocenters. The highest BCUT2D eigenvalue weighted by Gasteiger charge is 2.34. The van der Waals surface area contributed by atoms with Gasteiger partial charge in [0.05, 0.1) is 17.0 Å². The smallest absolute Gasteiger partial charge is 0.227 e. The highest BCUT2D eigenvalue weighted by molar-refractivity contribution is 6.30. The van der Waals surface area contributed by atoms with E-state index in [2.05, 4.69) is 52.8 Å². The molecule has 1 saturated heterocycles. The van der Waals surface area contributed by atoms with Crippen molar-refractivity contribution in [3.05, 3.63) is 101 Å². The topological polar surface area (TPSA) is 64.2 Å². The van der Waals surface area contributed by atoms with Crippen molar-refractivity contribution < 1.29 is 4.79 Å². The number of rotatable bonds is 10. The maximum Gasteiger partial charge on any atom is 0.227 e. The number of benzene rings is 3. The number of hydrogen-bond donors (Lipinski definition) is 1. The number of halogens is 1. The van der Waals surface area contributed by atoms with Gasteiger partial charge < -0.3 is 15.2 Å². The molecule has 0 radical (unpaired) electrons. The maximum atomic E-state index is 14.2. The van der Waals surface area contributed by atoms with Crippen LogP contribution < -0.4 is 5.73 Å². The number of hydrogen-bond acceptors (Lipinski definition) is 3. The highest BCUT2D eigenvalue weighted by atomic mass is 35.5. The maximum absolute atomic E-state index is 14.2. The number of amides is 1. The molecule has 2 heterocycles. The summed E-state index contributed by atoms with van der Waals surface area (Å²) in [4.78, 5) is 21.3. The second-order valence-electron chi connectivity index (χ2n) is 10.9. The van der Waals surface area contributed by atoms with Crippen molar-refractivity contribution >= 4 is 28.5 Å². The molecule has 5 rings (SSSR count). The highest BCUT2D eigenvalue weighted by Crippen LogP contribution is 2.31. The zero-order valence-electron chi connectivity index (χ0n) is 22.8. The van der Waals surface area contributed by atoms with E-state index in [0.717, 1.165) is 61.2 Å². The average Bonchev–Trinajstić information content (AvgIpc) is 3.35. The molecule has 3 aromatic carbocycles. The standard InChI is InChI=1S/C33H39ClN4O/c1-2-3-20-38-31-14-8-7-13-30(31)36-32(38)26-12-9-19-37(23-26)33(39)28(21-24-10-5-4-6-11-24)29(35)22-25-15-17-27(34)18-16-25/h4-8,10-11,13-18,26,28-29H,2-3,9,12,19-23,35H2,1H3/t26-,28?,29-/m1/s1. The molecule has 4 aromatic rings. The molecule has 1 aliphatic heterocycles. The van der Waals surface area contributed by atoms with Crippen molar-refractivity contribution in [3.63, 3.8) is 0 Å². The zero-order chi connectivity index (χ0) is 27.2. The van der Waals surface area contributed by atoms with Gasteiger partial charge in [-0.15, -0.1) is 0 Å². The number of carbonyl (C=O) groups excluding carboxylic acids is 1. The largest absolute Gasteiger partial charge is 0.342 e. The van der Waals surface area contributed by atoms with Crippen molar-refractivity contribution in [2.45, 2.75) is 64.0 Å². The monoisotopic (exact) mass is 542 g/mol. The van der Waals surface area contributed by atoms with E-state index in [1.54, 1.807) is 0 Å². The van der Waals surface area contributed by atoms with Gasteiger partial charge in [0.15, 0.2) is 0 Å². The third kappa shape index (κ3) is 6.54. The third-order valence-corrected chi connectivity index (χ3v) is 8.29. The number of aromatic nitrogens is 2. The summed E-state index contributed by atoms with van der Waals surface area (Å²) in [5, 5.41) is 0.702. The number of para-hydroxylation sites is 2. The number of unbranched alkanes of at least 4 members (excludes halogenated alkanes) is 1. The van der Waals surface area contributed by atoms with Gasteiger partial charge in [0.2, 0.25) is 5.91 Å². The van der Waals surface area contributed by atoms with Gasteiger partial charge in [-0.05, 0) is 67.5 Å². The van der Waals surface area contributed by atoms with Gasteiger partial charge in [0, 0.05) is 36.6 Å². The van der Waals surface area contributed by atoms with Gasteiger partial charge in [-0.2, -0.15) is 0 Å². The van der Waals surface area contributed by atoms with Gasteiger partial charge >= 0.3 is 0 Å². The van der Waals surface area contributed by atoms with E-state index in [-0.39, 0.29) is 23.8 Å². The number of fused-ring (bicyclic) bond motifs is 1. The van der Waals surface area contributed by atoms with Crippen LogP contribution in [0.15, 0.2) is 78.9 Å². The summed E-state index contributed by atoms with van der Waals surface area (Å²) >= 11 is 6.10. The van der Waals surface area contributed by atoms with Crippen LogP contribution in [0.5, 0.6) is 0 Å². The summed E-state index contributed by atoms with van der Waals surface area (Å²) in [5.41, 5.74) is 11.3. The minimum atomic E-state index is -0.305. The van der Waals surface area contributed by atoms with Crippen molar-refractivity contribution in [2.75, 3.05) is 13.1 Å². The van der Waals surface area contributed by atoms with Crippen LogP contribution in [0, 0.1) is 5.92 Å². The van der Waals surface area contributed by atoms with Crippen molar-refractivity contribution in [3.8, 4) is 0 Å². The Labute approximate surface area is 237 Å². The molecule has 39 heavy (non-hydrogen) atoms. The van der Waals surface area contributed by atoms with Crippen molar-refractivity contribution in [2.24, 2.45) is 11.7 Å². The Morgan fingerprint density at radius 2 is 1.72 bits per heavy atom. The summed E-state index contributed by atoms with van der Waals surface area (Å²) in [6, 6.07) is 26.1. The first-order valence-corrected chi connectivity index (χ1v) is 14.7. The van der Waals surface area contributed by atoms with Gasteiger partial charge in [-0.3, -0.25) is 4.79 Å². The number of imidazole rings is 1. The van der Waals surface area contributed by atoms with Crippen LogP contribution in [0.2, 0.25) is 5.02 Å². The molecule has 0 spiro atoms. The molecule has 204 valence electrons. The van der Waals surface area contributed by atoms with Crippen LogP contribution in [0.25, 0.3) is 11.0 Å². The molecule has 0 bridgehead atoms. The van der Waals surface area contributed by atoms with Crippen molar-refractivity contribution in [1.29, 1.82) is 0 Å². The number of aryl methyl sites for hydroxylation is 1. The number of likely N-dealkylation sites (tertiary alicyclic amines) is 1. The van der Waals surface area contributed by atoms with E-state index in [1.807, 2.05) is 42.5 Å². The lowest BCUT2D eigenvalue weighted by Crippen LogP contribution is -2.49. The first kappa shape index (κ1) is 27.4. The lowest BCUT2D eigenvalue weighted by molar-refractivity contribution is -0.137. The molecule has 0 aliphatic carbocycles. The SMILES string of the molecule is CCCCn1c([C@@H]2CCCN(C(=O)C(Cc3ccccc3)[C@H](N)Cc3ccc(Cl)cc3)C2)nc2ccccc21. The van der Waals surface area contributed by atoms with E-state index >= 15 is 0 Å². The Bertz CT molecular complexity index is 1370. The summed E-state index contributed by atoms with van der Waals surface area (Å²) < 4.78 is 2.39. The molecular weight excluding hydrogens is 504 g/mol. The number of carbonyl (C=O) groups is 1. The fraction of sp³-hybridized carbons (Fsp3) is 0.394. The molecule has 6 heteroatoms. The van der Waals surface area contributed by atoms with E-state index in [0.29, 0.717) is 24.4 Å². The molecule has 5 nitrogen and oxygen atoms in total. The fourth-order valence-corrected chi connectivity index (χ4v) is 6.03. The quantitative estimate of drug-likeness (QED) is 0.245. The van der Waals surface area contributed by atoms with Gasteiger partial charge in [0.1, 0.15) is 5.82 Å². The second-order valence-corrected chi connectivity index (χ2v) is 11.3. The molecule has 0 saturated carbocycles. The Morgan fingerprint density at radius 1 is 1.00 bits per heavy atom. The number of nitrogens with two attached hydrogens (primary N) is 1. The molecule has 1 unspecified atom stereocenters. The summed E-state index contributed by atoms with van der Waals surface area (Å²) in [6.45, 7) is 4.63. The van der Waals surface area contributed by atoms with Gasteiger partial charge in [-0.1, -0.05) is 79.5 Å². The molecule has 1 fully saturated rings. The number of nitrogens with zero attached hydrogens (tertiary/aromatic N) is 3. The van der Waals surface area contributed by atoms with Crippen LogP contribution in [-0.2, 0) is 24.2 Å².